The van der Waals surface area contributed by atoms with Gasteiger partial charge in [-0.05, 0) is 38.8 Å². The van der Waals surface area contributed by atoms with Crippen molar-refractivity contribution in [2.75, 3.05) is 44.2 Å². The fraction of sp³-hybridized carbons (Fsp3) is 0.786. The zero-order valence-electron chi connectivity index (χ0n) is 23.6. The van der Waals surface area contributed by atoms with E-state index >= 15 is 0 Å². The normalized spacial score (nSPS) is 14.2. The lowest BCUT2D eigenvalue weighted by molar-refractivity contribution is -0.757. The Hall–Kier alpha value is -2.46. The average Bonchev–Trinajstić information content (AvgIpc) is 2.92. The number of nitrogens with zero attached hydrogens (tertiary/aromatic N) is 5. The Balaban J connectivity index is 1.45. The average molecular weight is 536 g/mol. The van der Waals surface area contributed by atoms with E-state index in [9.17, 15) is 20.1 Å². The van der Waals surface area contributed by atoms with Crippen molar-refractivity contribution in [1.82, 2.24) is 14.9 Å². The van der Waals surface area contributed by atoms with Gasteiger partial charge in [0.2, 0.25) is 0 Å². The standard InChI is InChI=1S/C28H49N5O5/c1-25(2)30-19-21-31(22-20-30)27-17-16-26(24-29-27)28(34)32(35)18-14-12-10-8-6-4-3-5-7-9-11-13-15-23-38-33(36)37/h16-17,24-25,35H,3-15,18-23H2,1-2H3. The molecule has 1 aliphatic rings. The zero-order valence-corrected chi connectivity index (χ0v) is 23.6. The number of amides is 1. The highest BCUT2D eigenvalue weighted by Crippen LogP contribution is 2.17. The Morgan fingerprint density at radius 2 is 1.47 bits per heavy atom. The fourth-order valence-electron chi connectivity index (χ4n) is 4.86. The van der Waals surface area contributed by atoms with E-state index in [0.29, 0.717) is 18.2 Å². The number of carbonyl (C=O) groups excluding carboxylic acids is 1. The SMILES string of the molecule is CC(C)N1CCN(c2ccc(C(=O)N(O)CCCCCCCCCCCCCCCO[N+](=O)[O-])cn2)CC1. The van der Waals surface area contributed by atoms with E-state index in [4.69, 9.17) is 0 Å². The third-order valence-electron chi connectivity index (χ3n) is 7.31. The molecule has 1 saturated heterocycles. The van der Waals surface area contributed by atoms with Crippen LogP contribution >= 0.6 is 0 Å². The van der Waals surface area contributed by atoms with Crippen LogP contribution in [0.2, 0.25) is 0 Å². The summed E-state index contributed by atoms with van der Waals surface area (Å²) in [5.41, 5.74) is 0.418. The Bertz CT molecular complexity index is 784. The van der Waals surface area contributed by atoms with Crippen LogP contribution in [-0.4, -0.2) is 76.5 Å². The van der Waals surface area contributed by atoms with E-state index < -0.39 is 11.0 Å². The van der Waals surface area contributed by atoms with Gasteiger partial charge in [-0.15, -0.1) is 10.1 Å². The topological polar surface area (TPSA) is 112 Å². The molecule has 1 aromatic rings. The molecular formula is C28H49N5O5. The number of aromatic nitrogens is 1. The molecule has 1 aromatic heterocycles. The lowest BCUT2D eigenvalue weighted by Gasteiger charge is -2.37. The molecule has 2 heterocycles. The molecule has 0 atom stereocenters. The molecule has 0 radical (unpaired) electrons. The molecule has 0 aromatic carbocycles. The van der Waals surface area contributed by atoms with Gasteiger partial charge in [-0.25, -0.2) is 10.0 Å². The number of unbranched alkanes of at least 4 members (excludes halogenated alkanes) is 12. The predicted octanol–water partition coefficient (Wildman–Crippen LogP) is 5.72. The molecule has 216 valence electrons. The molecule has 1 aliphatic heterocycles. The maximum absolute atomic E-state index is 12.5. The molecule has 10 heteroatoms. The molecule has 1 N–H and O–H groups in total. The third-order valence-corrected chi connectivity index (χ3v) is 7.31. The van der Waals surface area contributed by atoms with Crippen molar-refractivity contribution in [2.45, 2.75) is 103 Å². The highest BCUT2D eigenvalue weighted by atomic mass is 16.9. The summed E-state index contributed by atoms with van der Waals surface area (Å²) in [7, 11) is 0. The second-order valence-corrected chi connectivity index (χ2v) is 10.6. The van der Waals surface area contributed by atoms with Gasteiger partial charge >= 0.3 is 0 Å². The highest BCUT2D eigenvalue weighted by Gasteiger charge is 2.20. The first kappa shape index (κ1) is 31.8. The molecule has 0 unspecified atom stereocenters. The summed E-state index contributed by atoms with van der Waals surface area (Å²) in [6.07, 6.45) is 15.9. The van der Waals surface area contributed by atoms with Gasteiger partial charge in [0.1, 0.15) is 5.82 Å². The van der Waals surface area contributed by atoms with Gasteiger partial charge < -0.3 is 9.74 Å². The second kappa shape index (κ2) is 18.7. The Morgan fingerprint density at radius 1 is 0.947 bits per heavy atom. The molecule has 38 heavy (non-hydrogen) atoms. The minimum atomic E-state index is -0.725. The molecule has 0 bridgehead atoms. The maximum atomic E-state index is 12.5. The first-order chi connectivity index (χ1) is 18.4. The van der Waals surface area contributed by atoms with E-state index in [1.807, 2.05) is 6.07 Å². The summed E-state index contributed by atoms with van der Waals surface area (Å²) < 4.78 is 0. The van der Waals surface area contributed by atoms with Crippen molar-refractivity contribution in [3.8, 4) is 0 Å². The molecule has 0 aliphatic carbocycles. The Kier molecular flexibility index (Phi) is 15.7. The molecule has 1 fully saturated rings. The van der Waals surface area contributed by atoms with E-state index in [-0.39, 0.29) is 6.61 Å². The smallest absolute Gasteiger partial charge is 0.294 e. The Labute approximate surface area is 228 Å². The van der Waals surface area contributed by atoms with Crippen LogP contribution < -0.4 is 4.90 Å². The van der Waals surface area contributed by atoms with Crippen molar-refractivity contribution in [1.29, 1.82) is 0 Å². The van der Waals surface area contributed by atoms with Crippen molar-refractivity contribution in [3.63, 3.8) is 0 Å². The lowest BCUT2D eigenvalue weighted by atomic mass is 10.0. The lowest BCUT2D eigenvalue weighted by Crippen LogP contribution is -2.49. The molecule has 10 nitrogen and oxygen atoms in total. The number of carbonyl (C=O) groups is 1. The van der Waals surface area contributed by atoms with Gasteiger partial charge in [-0.3, -0.25) is 14.9 Å². The number of hydrogen-bond acceptors (Lipinski definition) is 8. The van der Waals surface area contributed by atoms with Gasteiger partial charge in [0.25, 0.3) is 11.0 Å². The largest absolute Gasteiger partial charge is 0.354 e. The van der Waals surface area contributed by atoms with E-state index in [1.165, 1.54) is 44.9 Å². The quantitative estimate of drug-likeness (QED) is 0.0976. The third kappa shape index (κ3) is 12.9. The molecule has 1 amide bonds. The number of rotatable bonds is 20. The van der Waals surface area contributed by atoms with Gasteiger partial charge in [-0.1, -0.05) is 70.6 Å². The first-order valence-electron chi connectivity index (χ1n) is 14.6. The minimum Gasteiger partial charge on any atom is -0.354 e. The summed E-state index contributed by atoms with van der Waals surface area (Å²) in [5, 5.41) is 20.4. The van der Waals surface area contributed by atoms with Gasteiger partial charge in [-0.2, -0.15) is 0 Å². The van der Waals surface area contributed by atoms with Crippen LogP contribution in [0, 0.1) is 10.1 Å². The molecular weight excluding hydrogens is 486 g/mol. The summed E-state index contributed by atoms with van der Waals surface area (Å²) in [6, 6.07) is 4.19. The first-order valence-corrected chi connectivity index (χ1v) is 14.6. The summed E-state index contributed by atoms with van der Waals surface area (Å²) in [5.74, 6) is 0.492. The highest BCUT2D eigenvalue weighted by molar-refractivity contribution is 5.93. The van der Waals surface area contributed by atoms with Crippen LogP contribution in [0.3, 0.4) is 0 Å². The van der Waals surface area contributed by atoms with Crippen LogP contribution in [0.15, 0.2) is 18.3 Å². The fourth-order valence-corrected chi connectivity index (χ4v) is 4.86. The van der Waals surface area contributed by atoms with E-state index in [1.54, 1.807) is 12.3 Å². The van der Waals surface area contributed by atoms with Crippen LogP contribution in [0.1, 0.15) is 108 Å². The van der Waals surface area contributed by atoms with E-state index in [0.717, 1.165) is 75.6 Å². The number of hydroxylamine groups is 2. The van der Waals surface area contributed by atoms with Crippen LogP contribution in [0.4, 0.5) is 5.82 Å². The van der Waals surface area contributed by atoms with Crippen LogP contribution in [0.5, 0.6) is 0 Å². The van der Waals surface area contributed by atoms with Crippen molar-refractivity contribution in [3.05, 3.63) is 34.0 Å². The number of anilines is 1. The van der Waals surface area contributed by atoms with Crippen molar-refractivity contribution < 1.29 is 19.9 Å². The van der Waals surface area contributed by atoms with Gasteiger partial charge in [0.05, 0.1) is 12.2 Å². The molecule has 2 rings (SSSR count). The predicted molar refractivity (Wildman–Crippen MR) is 149 cm³/mol. The zero-order chi connectivity index (χ0) is 27.6. The molecule has 0 saturated carbocycles. The van der Waals surface area contributed by atoms with Crippen molar-refractivity contribution in [2.24, 2.45) is 0 Å². The summed E-state index contributed by atoms with van der Waals surface area (Å²) >= 11 is 0. The monoisotopic (exact) mass is 535 g/mol. The van der Waals surface area contributed by atoms with Crippen LogP contribution in [-0.2, 0) is 4.84 Å². The number of hydrogen-bond donors (Lipinski definition) is 1. The summed E-state index contributed by atoms with van der Waals surface area (Å²) in [4.78, 5) is 36.1. The minimum absolute atomic E-state index is 0.210. The second-order valence-electron chi connectivity index (χ2n) is 10.6. The Morgan fingerprint density at radius 3 is 1.95 bits per heavy atom. The molecule has 0 spiro atoms. The van der Waals surface area contributed by atoms with Gasteiger partial charge in [0.15, 0.2) is 0 Å². The number of pyridine rings is 1. The van der Waals surface area contributed by atoms with Crippen LogP contribution in [0.25, 0.3) is 0 Å². The van der Waals surface area contributed by atoms with Gasteiger partial charge in [0, 0.05) is 45.0 Å². The summed E-state index contributed by atoms with van der Waals surface area (Å²) in [6.45, 7) is 8.87. The maximum Gasteiger partial charge on any atom is 0.294 e. The van der Waals surface area contributed by atoms with E-state index in [2.05, 4.69) is 33.5 Å². The van der Waals surface area contributed by atoms with Crippen molar-refractivity contribution >= 4 is 11.7 Å². The number of piperazine rings is 1.